The minimum absolute atomic E-state index is 0.632. The van der Waals surface area contributed by atoms with Crippen LogP contribution in [0.25, 0.3) is 0 Å². The topological polar surface area (TPSA) is 12.0 Å². The highest BCUT2D eigenvalue weighted by molar-refractivity contribution is 5.15. The first-order chi connectivity index (χ1) is 7.78. The Morgan fingerprint density at radius 3 is 2.31 bits per heavy atom. The van der Waals surface area contributed by atoms with Crippen LogP contribution < -0.4 is 5.32 Å². The second-order valence-electron chi connectivity index (χ2n) is 3.87. The molecule has 0 heterocycles. The van der Waals surface area contributed by atoms with Gasteiger partial charge in [0, 0.05) is 6.04 Å². The SMILES string of the molecule is C=CC.CCCC(Cc1ccccc1)NC. The molecule has 0 aliphatic rings. The maximum atomic E-state index is 3.36. The summed E-state index contributed by atoms with van der Waals surface area (Å²) in [6.45, 7) is 7.48. The Kier molecular flexibility index (Phi) is 9.73. The second kappa shape index (κ2) is 10.4. The van der Waals surface area contributed by atoms with Gasteiger partial charge in [0.15, 0.2) is 0 Å². The number of hydrogen-bond donors (Lipinski definition) is 1. The van der Waals surface area contributed by atoms with Crippen LogP contribution in [0.4, 0.5) is 0 Å². The quantitative estimate of drug-likeness (QED) is 0.743. The van der Waals surface area contributed by atoms with Gasteiger partial charge in [0.2, 0.25) is 0 Å². The van der Waals surface area contributed by atoms with Crippen molar-refractivity contribution in [3.8, 4) is 0 Å². The molecule has 16 heavy (non-hydrogen) atoms. The highest BCUT2D eigenvalue weighted by Gasteiger charge is 2.04. The van der Waals surface area contributed by atoms with E-state index in [1.165, 1.54) is 18.4 Å². The highest BCUT2D eigenvalue weighted by atomic mass is 14.9. The van der Waals surface area contributed by atoms with Gasteiger partial charge in [-0.05, 0) is 32.4 Å². The summed E-state index contributed by atoms with van der Waals surface area (Å²) in [6.07, 6.45) is 5.40. The van der Waals surface area contributed by atoms with E-state index in [0.717, 1.165) is 6.42 Å². The van der Waals surface area contributed by atoms with Gasteiger partial charge in [-0.3, -0.25) is 0 Å². The molecule has 0 amide bonds. The number of nitrogens with one attached hydrogen (secondary N) is 1. The largest absolute Gasteiger partial charge is 0.317 e. The van der Waals surface area contributed by atoms with Crippen molar-refractivity contribution in [3.63, 3.8) is 0 Å². The van der Waals surface area contributed by atoms with Crippen molar-refractivity contribution in [1.29, 1.82) is 0 Å². The molecule has 1 nitrogen and oxygen atoms in total. The van der Waals surface area contributed by atoms with Crippen molar-refractivity contribution in [2.75, 3.05) is 7.05 Å². The number of benzene rings is 1. The second-order valence-corrected chi connectivity index (χ2v) is 3.87. The van der Waals surface area contributed by atoms with Gasteiger partial charge in [-0.15, -0.1) is 6.58 Å². The van der Waals surface area contributed by atoms with Crippen LogP contribution in [0.15, 0.2) is 43.0 Å². The summed E-state index contributed by atoms with van der Waals surface area (Å²) in [6, 6.07) is 11.3. The predicted octanol–water partition coefficient (Wildman–Crippen LogP) is 3.81. The molecule has 1 rings (SSSR count). The predicted molar refractivity (Wildman–Crippen MR) is 73.8 cm³/mol. The molecule has 0 spiro atoms. The van der Waals surface area contributed by atoms with Crippen LogP contribution in [-0.2, 0) is 6.42 Å². The fraction of sp³-hybridized carbons (Fsp3) is 0.467. The van der Waals surface area contributed by atoms with Crippen molar-refractivity contribution in [2.45, 2.75) is 39.2 Å². The molecule has 1 aromatic carbocycles. The first-order valence-corrected chi connectivity index (χ1v) is 6.06. The molecule has 0 aromatic heterocycles. The van der Waals surface area contributed by atoms with Gasteiger partial charge in [-0.25, -0.2) is 0 Å². The van der Waals surface area contributed by atoms with Gasteiger partial charge < -0.3 is 5.32 Å². The first kappa shape index (κ1) is 14.9. The van der Waals surface area contributed by atoms with E-state index < -0.39 is 0 Å². The minimum Gasteiger partial charge on any atom is -0.317 e. The lowest BCUT2D eigenvalue weighted by Crippen LogP contribution is -2.27. The Bertz CT molecular complexity index is 253. The molecular formula is C15H25N. The zero-order chi connectivity index (χ0) is 12.2. The number of likely N-dealkylation sites (N-methyl/N-ethyl adjacent to an activating group) is 1. The van der Waals surface area contributed by atoms with Crippen LogP contribution in [-0.4, -0.2) is 13.1 Å². The van der Waals surface area contributed by atoms with E-state index in [1.54, 1.807) is 6.08 Å². The summed E-state index contributed by atoms with van der Waals surface area (Å²) in [4.78, 5) is 0. The van der Waals surface area contributed by atoms with Gasteiger partial charge in [0.1, 0.15) is 0 Å². The average Bonchev–Trinajstić information content (AvgIpc) is 2.31. The summed E-state index contributed by atoms with van der Waals surface area (Å²) in [5.74, 6) is 0. The first-order valence-electron chi connectivity index (χ1n) is 6.06. The van der Waals surface area contributed by atoms with E-state index in [1.807, 2.05) is 14.0 Å². The van der Waals surface area contributed by atoms with Crippen LogP contribution in [0.3, 0.4) is 0 Å². The smallest absolute Gasteiger partial charge is 0.0104 e. The van der Waals surface area contributed by atoms with Crippen molar-refractivity contribution in [1.82, 2.24) is 5.32 Å². The molecule has 0 aliphatic carbocycles. The Morgan fingerprint density at radius 2 is 1.88 bits per heavy atom. The third-order valence-electron chi connectivity index (χ3n) is 2.37. The summed E-state index contributed by atoms with van der Waals surface area (Å²) in [7, 11) is 2.04. The van der Waals surface area contributed by atoms with Crippen LogP contribution in [0.2, 0.25) is 0 Å². The molecular weight excluding hydrogens is 194 g/mol. The summed E-state index contributed by atoms with van der Waals surface area (Å²) in [5, 5.41) is 3.35. The van der Waals surface area contributed by atoms with E-state index in [4.69, 9.17) is 0 Å². The maximum Gasteiger partial charge on any atom is 0.0104 e. The molecule has 1 unspecified atom stereocenters. The molecule has 1 atom stereocenters. The molecule has 1 N–H and O–H groups in total. The molecule has 0 fully saturated rings. The van der Waals surface area contributed by atoms with Crippen LogP contribution in [0, 0.1) is 0 Å². The zero-order valence-electron chi connectivity index (χ0n) is 10.9. The Morgan fingerprint density at radius 1 is 1.31 bits per heavy atom. The number of allylic oxidation sites excluding steroid dienone is 1. The third-order valence-corrected chi connectivity index (χ3v) is 2.37. The van der Waals surface area contributed by atoms with E-state index in [2.05, 4.69) is 49.2 Å². The fourth-order valence-corrected chi connectivity index (χ4v) is 1.60. The van der Waals surface area contributed by atoms with Crippen molar-refractivity contribution >= 4 is 0 Å². The average molecular weight is 219 g/mol. The monoisotopic (exact) mass is 219 g/mol. The van der Waals surface area contributed by atoms with E-state index in [-0.39, 0.29) is 0 Å². The molecule has 0 radical (unpaired) electrons. The fourth-order valence-electron chi connectivity index (χ4n) is 1.60. The Hall–Kier alpha value is -1.08. The van der Waals surface area contributed by atoms with Crippen LogP contribution in [0.5, 0.6) is 0 Å². The molecule has 1 heteroatoms. The maximum absolute atomic E-state index is 3.36. The molecule has 0 aliphatic heterocycles. The van der Waals surface area contributed by atoms with Gasteiger partial charge in [-0.1, -0.05) is 49.8 Å². The standard InChI is InChI=1S/C12H19N.C3H6/c1-3-7-12(13-2)10-11-8-5-4-6-9-11;1-3-2/h4-6,8-9,12-13H,3,7,10H2,1-2H3;3H,1H2,2H3. The summed E-state index contributed by atoms with van der Waals surface area (Å²) in [5.41, 5.74) is 1.43. The van der Waals surface area contributed by atoms with Gasteiger partial charge in [0.25, 0.3) is 0 Å². The van der Waals surface area contributed by atoms with Crippen molar-refractivity contribution < 1.29 is 0 Å². The van der Waals surface area contributed by atoms with Gasteiger partial charge >= 0.3 is 0 Å². The summed E-state index contributed by atoms with van der Waals surface area (Å²) >= 11 is 0. The molecule has 90 valence electrons. The normalized spacial score (nSPS) is 11.2. The highest BCUT2D eigenvalue weighted by Crippen LogP contribution is 2.06. The Labute approximate surface area is 101 Å². The summed E-state index contributed by atoms with van der Waals surface area (Å²) < 4.78 is 0. The lowest BCUT2D eigenvalue weighted by atomic mass is 10.0. The third kappa shape index (κ3) is 7.24. The lowest BCUT2D eigenvalue weighted by molar-refractivity contribution is 0.514. The van der Waals surface area contributed by atoms with E-state index >= 15 is 0 Å². The zero-order valence-corrected chi connectivity index (χ0v) is 10.9. The molecule has 0 bridgehead atoms. The van der Waals surface area contributed by atoms with E-state index in [0.29, 0.717) is 6.04 Å². The molecule has 1 aromatic rings. The van der Waals surface area contributed by atoms with Crippen molar-refractivity contribution in [2.24, 2.45) is 0 Å². The number of hydrogen-bond acceptors (Lipinski definition) is 1. The minimum atomic E-state index is 0.632. The van der Waals surface area contributed by atoms with E-state index in [9.17, 15) is 0 Å². The molecule has 0 saturated heterocycles. The van der Waals surface area contributed by atoms with Crippen LogP contribution in [0.1, 0.15) is 32.3 Å². The number of rotatable bonds is 5. The van der Waals surface area contributed by atoms with Gasteiger partial charge in [-0.2, -0.15) is 0 Å². The van der Waals surface area contributed by atoms with Crippen LogP contribution >= 0.6 is 0 Å². The lowest BCUT2D eigenvalue weighted by Gasteiger charge is -2.14. The molecule has 0 saturated carbocycles. The Balaban J connectivity index is 0.000000673. The van der Waals surface area contributed by atoms with Gasteiger partial charge in [0.05, 0.1) is 0 Å². The van der Waals surface area contributed by atoms with Crippen molar-refractivity contribution in [3.05, 3.63) is 48.6 Å².